The molecule has 4 nitrogen and oxygen atoms in total. The normalized spacial score (nSPS) is 32.7. The summed E-state index contributed by atoms with van der Waals surface area (Å²) < 4.78 is 5.17. The van der Waals surface area contributed by atoms with Crippen LogP contribution in [-0.2, 0) is 9.53 Å². The van der Waals surface area contributed by atoms with Gasteiger partial charge in [-0.1, -0.05) is 26.8 Å². The maximum atomic E-state index is 12.9. The molecular formula is C17H30N2O2. The molecule has 0 bridgehead atoms. The van der Waals surface area contributed by atoms with E-state index in [2.05, 4.69) is 26.8 Å². The van der Waals surface area contributed by atoms with Gasteiger partial charge < -0.3 is 15.4 Å². The molecule has 3 atom stereocenters. The van der Waals surface area contributed by atoms with Gasteiger partial charge in [-0.15, -0.1) is 0 Å². The number of hydrogen-bond donors (Lipinski definition) is 1. The van der Waals surface area contributed by atoms with E-state index in [1.807, 2.05) is 4.90 Å². The molecule has 1 amide bonds. The van der Waals surface area contributed by atoms with Crippen LogP contribution < -0.4 is 5.73 Å². The van der Waals surface area contributed by atoms with Crippen molar-refractivity contribution >= 4 is 5.91 Å². The molecule has 21 heavy (non-hydrogen) atoms. The minimum absolute atomic E-state index is 0.0225. The van der Waals surface area contributed by atoms with Crippen molar-refractivity contribution in [3.8, 4) is 0 Å². The van der Waals surface area contributed by atoms with Gasteiger partial charge in [0, 0.05) is 32.2 Å². The summed E-state index contributed by atoms with van der Waals surface area (Å²) in [6.45, 7) is 8.83. The average Bonchev–Trinajstić information content (AvgIpc) is 2.45. The minimum Gasteiger partial charge on any atom is -0.380 e. The number of hydrogen-bond acceptors (Lipinski definition) is 3. The number of nitrogens with zero attached hydrogens (tertiary/aromatic N) is 1. The van der Waals surface area contributed by atoms with Crippen LogP contribution in [0.5, 0.6) is 0 Å². The Morgan fingerprint density at radius 1 is 1.48 bits per heavy atom. The monoisotopic (exact) mass is 294 g/mol. The lowest BCUT2D eigenvalue weighted by Gasteiger charge is -2.47. The fourth-order valence-electron chi connectivity index (χ4n) is 3.74. The largest absolute Gasteiger partial charge is 0.380 e. The van der Waals surface area contributed by atoms with Crippen molar-refractivity contribution < 1.29 is 9.53 Å². The summed E-state index contributed by atoms with van der Waals surface area (Å²) in [5, 5.41) is 0. The van der Waals surface area contributed by atoms with Crippen LogP contribution in [0.4, 0.5) is 0 Å². The van der Waals surface area contributed by atoms with Gasteiger partial charge in [-0.3, -0.25) is 4.79 Å². The van der Waals surface area contributed by atoms with Crippen LogP contribution in [0.25, 0.3) is 0 Å². The van der Waals surface area contributed by atoms with Gasteiger partial charge in [-0.2, -0.15) is 0 Å². The van der Waals surface area contributed by atoms with E-state index in [-0.39, 0.29) is 17.4 Å². The van der Waals surface area contributed by atoms with Crippen molar-refractivity contribution in [3.05, 3.63) is 11.6 Å². The second-order valence-corrected chi connectivity index (χ2v) is 7.23. The summed E-state index contributed by atoms with van der Waals surface area (Å²) in [6.07, 6.45) is 4.96. The Balaban J connectivity index is 2.04. The minimum atomic E-state index is -0.0225. The van der Waals surface area contributed by atoms with Crippen LogP contribution in [0.15, 0.2) is 11.6 Å². The quantitative estimate of drug-likeness (QED) is 0.812. The third-order valence-corrected chi connectivity index (χ3v) is 5.75. The Morgan fingerprint density at radius 2 is 2.19 bits per heavy atom. The molecule has 0 spiro atoms. The number of rotatable bonds is 3. The van der Waals surface area contributed by atoms with Crippen molar-refractivity contribution in [2.45, 2.75) is 46.1 Å². The summed E-state index contributed by atoms with van der Waals surface area (Å²) in [4.78, 5) is 14.9. The number of ether oxygens (including phenoxy) is 1. The zero-order valence-electron chi connectivity index (χ0n) is 13.9. The van der Waals surface area contributed by atoms with Crippen molar-refractivity contribution in [1.29, 1.82) is 0 Å². The van der Waals surface area contributed by atoms with Crippen LogP contribution in [-0.4, -0.2) is 43.7 Å². The van der Waals surface area contributed by atoms with E-state index in [0.717, 1.165) is 32.4 Å². The van der Waals surface area contributed by atoms with E-state index in [1.54, 1.807) is 7.11 Å². The molecule has 0 aromatic rings. The lowest BCUT2D eigenvalue weighted by Crippen LogP contribution is -2.53. The number of carbonyl (C=O) groups excluding carboxylic acids is 1. The lowest BCUT2D eigenvalue weighted by atomic mass is 9.60. The molecule has 1 aliphatic carbocycles. The highest BCUT2D eigenvalue weighted by Crippen LogP contribution is 2.45. The molecule has 0 saturated heterocycles. The maximum absolute atomic E-state index is 12.9. The highest BCUT2D eigenvalue weighted by Gasteiger charge is 2.46. The summed E-state index contributed by atoms with van der Waals surface area (Å²) in [5.41, 5.74) is 7.48. The van der Waals surface area contributed by atoms with Gasteiger partial charge in [0.25, 0.3) is 0 Å². The molecule has 1 aliphatic heterocycles. The van der Waals surface area contributed by atoms with Crippen LogP contribution in [0.3, 0.4) is 0 Å². The molecule has 120 valence electrons. The van der Waals surface area contributed by atoms with Crippen LogP contribution in [0, 0.1) is 17.3 Å². The predicted molar refractivity (Wildman–Crippen MR) is 84.8 cm³/mol. The fourth-order valence-corrected chi connectivity index (χ4v) is 3.74. The second-order valence-electron chi connectivity index (χ2n) is 7.23. The smallest absolute Gasteiger partial charge is 0.226 e. The molecule has 0 aromatic carbocycles. The van der Waals surface area contributed by atoms with E-state index in [0.29, 0.717) is 18.4 Å². The van der Waals surface area contributed by atoms with Crippen molar-refractivity contribution in [2.75, 3.05) is 26.8 Å². The standard InChI is InChI=1S/C17H30N2O2/c1-12-15(18)6-5-14(17(12,2)3)16(20)19-9-7-13(8-10-19)11-21-4/h7,12,14-15H,5-6,8-11,18H2,1-4H3. The number of carbonyl (C=O) groups is 1. The van der Waals surface area contributed by atoms with Crippen molar-refractivity contribution in [3.63, 3.8) is 0 Å². The Kier molecular flexibility index (Phi) is 5.10. The first kappa shape index (κ1) is 16.5. The van der Waals surface area contributed by atoms with E-state index >= 15 is 0 Å². The third-order valence-electron chi connectivity index (χ3n) is 5.75. The first-order chi connectivity index (χ1) is 9.87. The molecule has 0 aromatic heterocycles. The van der Waals surface area contributed by atoms with Gasteiger partial charge in [0.1, 0.15) is 0 Å². The predicted octanol–water partition coefficient (Wildman–Crippen LogP) is 2.19. The van der Waals surface area contributed by atoms with E-state index < -0.39 is 0 Å². The van der Waals surface area contributed by atoms with E-state index in [4.69, 9.17) is 10.5 Å². The van der Waals surface area contributed by atoms with Crippen LogP contribution in [0.1, 0.15) is 40.0 Å². The molecule has 1 fully saturated rings. The molecule has 2 N–H and O–H groups in total. The van der Waals surface area contributed by atoms with Crippen LogP contribution in [0.2, 0.25) is 0 Å². The van der Waals surface area contributed by atoms with Gasteiger partial charge in [-0.25, -0.2) is 0 Å². The zero-order chi connectivity index (χ0) is 15.6. The van der Waals surface area contributed by atoms with Gasteiger partial charge in [-0.05, 0) is 36.2 Å². The molecule has 2 aliphatic rings. The van der Waals surface area contributed by atoms with Crippen molar-refractivity contribution in [2.24, 2.45) is 23.0 Å². The summed E-state index contributed by atoms with van der Waals surface area (Å²) in [7, 11) is 1.72. The van der Waals surface area contributed by atoms with E-state index in [1.165, 1.54) is 5.57 Å². The van der Waals surface area contributed by atoms with Crippen LogP contribution >= 0.6 is 0 Å². The van der Waals surface area contributed by atoms with Gasteiger partial charge in [0.2, 0.25) is 5.91 Å². The highest BCUT2D eigenvalue weighted by molar-refractivity contribution is 5.80. The summed E-state index contributed by atoms with van der Waals surface area (Å²) >= 11 is 0. The molecule has 2 rings (SSSR count). The van der Waals surface area contributed by atoms with E-state index in [9.17, 15) is 4.79 Å². The highest BCUT2D eigenvalue weighted by atomic mass is 16.5. The van der Waals surface area contributed by atoms with Gasteiger partial charge in [0.15, 0.2) is 0 Å². The Hall–Kier alpha value is -0.870. The maximum Gasteiger partial charge on any atom is 0.226 e. The number of amides is 1. The topological polar surface area (TPSA) is 55.6 Å². The summed E-state index contributed by atoms with van der Waals surface area (Å²) in [6, 6.07) is 0.221. The number of nitrogens with two attached hydrogens (primary N) is 1. The SMILES string of the molecule is COCC1=CCN(C(=O)C2CCC(N)C(C)C2(C)C)CC1. The molecular weight excluding hydrogens is 264 g/mol. The molecule has 3 unspecified atom stereocenters. The second kappa shape index (κ2) is 6.49. The first-order valence-electron chi connectivity index (χ1n) is 8.09. The lowest BCUT2D eigenvalue weighted by molar-refractivity contribution is -0.143. The van der Waals surface area contributed by atoms with Gasteiger partial charge in [0.05, 0.1) is 6.61 Å². The van der Waals surface area contributed by atoms with Crippen molar-refractivity contribution in [1.82, 2.24) is 4.90 Å². The zero-order valence-corrected chi connectivity index (χ0v) is 13.9. The Labute approximate surface area is 128 Å². The third kappa shape index (κ3) is 3.32. The first-order valence-corrected chi connectivity index (χ1v) is 8.09. The molecule has 1 heterocycles. The average molecular weight is 294 g/mol. The Morgan fingerprint density at radius 3 is 2.76 bits per heavy atom. The summed E-state index contributed by atoms with van der Waals surface area (Å²) in [5.74, 6) is 0.792. The molecule has 4 heteroatoms. The molecule has 0 radical (unpaired) electrons. The Bertz CT molecular complexity index is 417. The van der Waals surface area contributed by atoms with Gasteiger partial charge >= 0.3 is 0 Å². The number of methoxy groups -OCH3 is 1. The molecule has 1 saturated carbocycles. The fraction of sp³-hybridized carbons (Fsp3) is 0.824.